The van der Waals surface area contributed by atoms with Crippen molar-refractivity contribution < 1.29 is 28.9 Å². The van der Waals surface area contributed by atoms with Crippen molar-refractivity contribution in [2.45, 2.75) is 44.9 Å². The summed E-state index contributed by atoms with van der Waals surface area (Å²) >= 11 is 6.13. The van der Waals surface area contributed by atoms with Crippen molar-refractivity contribution in [1.29, 1.82) is 0 Å². The first-order valence-electron chi connectivity index (χ1n) is 9.11. The molecule has 1 aromatic heterocycles. The molecular weight excluding hydrogens is 400 g/mol. The molecule has 2 heterocycles. The van der Waals surface area contributed by atoms with E-state index in [-0.39, 0.29) is 24.0 Å². The van der Waals surface area contributed by atoms with E-state index in [4.69, 9.17) is 25.8 Å². The molecule has 0 saturated carbocycles. The van der Waals surface area contributed by atoms with Crippen LogP contribution in [0.1, 0.15) is 27.2 Å². The summed E-state index contributed by atoms with van der Waals surface area (Å²) in [5.74, 6) is -0.181. The van der Waals surface area contributed by atoms with Crippen molar-refractivity contribution in [2.24, 2.45) is 0 Å². The number of methoxy groups -OCH3 is 1. The topological polar surface area (TPSA) is 98.2 Å². The first-order chi connectivity index (χ1) is 13.6. The molecule has 2 atom stereocenters. The Morgan fingerprint density at radius 3 is 2.62 bits per heavy atom. The average molecular weight is 423 g/mol. The van der Waals surface area contributed by atoms with Crippen LogP contribution in [0.2, 0.25) is 5.15 Å². The Morgan fingerprint density at radius 1 is 1.28 bits per heavy atom. The number of amides is 1. The third-order valence-electron chi connectivity index (χ3n) is 4.43. The highest BCUT2D eigenvalue weighted by Crippen LogP contribution is 2.32. The predicted octanol–water partition coefficient (Wildman–Crippen LogP) is 3.74. The van der Waals surface area contributed by atoms with Crippen LogP contribution < -0.4 is 9.47 Å². The first kappa shape index (κ1) is 21.0. The van der Waals surface area contributed by atoms with Crippen LogP contribution in [0.25, 0.3) is 10.8 Å². The number of ether oxygens (including phenoxy) is 3. The maximum Gasteiger partial charge on any atom is 0.411 e. The summed E-state index contributed by atoms with van der Waals surface area (Å²) in [4.78, 5) is 29.5. The molecule has 0 aliphatic carbocycles. The van der Waals surface area contributed by atoms with Crippen LogP contribution in [0.4, 0.5) is 4.79 Å². The molecule has 1 amide bonds. The Balaban J connectivity index is 1.85. The molecule has 0 unspecified atom stereocenters. The van der Waals surface area contributed by atoms with E-state index in [1.165, 1.54) is 4.90 Å². The van der Waals surface area contributed by atoms with Crippen molar-refractivity contribution in [3.8, 4) is 11.6 Å². The molecule has 3 rings (SSSR count). The van der Waals surface area contributed by atoms with E-state index in [9.17, 15) is 14.7 Å². The van der Waals surface area contributed by atoms with Crippen molar-refractivity contribution in [3.05, 3.63) is 29.4 Å². The molecule has 29 heavy (non-hydrogen) atoms. The molecular formula is C20H23ClN2O6. The highest BCUT2D eigenvalue weighted by atomic mass is 35.5. The van der Waals surface area contributed by atoms with Gasteiger partial charge >= 0.3 is 12.1 Å². The quantitative estimate of drug-likeness (QED) is 0.749. The van der Waals surface area contributed by atoms with E-state index in [1.54, 1.807) is 52.1 Å². The Kier molecular flexibility index (Phi) is 5.75. The number of pyridine rings is 1. The van der Waals surface area contributed by atoms with E-state index >= 15 is 0 Å². The fraction of sp³-hybridized carbons (Fsp3) is 0.450. The number of carbonyl (C=O) groups excluding carboxylic acids is 1. The second kappa shape index (κ2) is 7.94. The lowest BCUT2D eigenvalue weighted by atomic mass is 10.1. The molecule has 0 radical (unpaired) electrons. The SMILES string of the molecule is COc1ccc2c(O[C@@H]3C[C@@H](C(=O)O)N(C(=O)OC(C)(C)C)C3)nc(Cl)cc2c1. The smallest absolute Gasteiger partial charge is 0.411 e. The average Bonchev–Trinajstić information content (AvgIpc) is 3.04. The number of likely N-dealkylation sites (tertiary alicyclic amines) is 1. The maximum absolute atomic E-state index is 12.4. The predicted molar refractivity (Wildman–Crippen MR) is 107 cm³/mol. The number of benzene rings is 1. The van der Waals surface area contributed by atoms with Crippen LogP contribution in [0.15, 0.2) is 24.3 Å². The Bertz CT molecular complexity index is 942. The second-order valence-electron chi connectivity index (χ2n) is 7.80. The summed E-state index contributed by atoms with van der Waals surface area (Å²) in [6, 6.07) is 6.01. The minimum Gasteiger partial charge on any atom is -0.497 e. The molecule has 2 aromatic rings. The van der Waals surface area contributed by atoms with Crippen LogP contribution in [0, 0.1) is 0 Å². The monoisotopic (exact) mass is 422 g/mol. The standard InChI is InChI=1S/C20H23ClN2O6/c1-20(2,3)29-19(26)23-10-13(9-15(23)18(24)25)28-17-14-6-5-12(27-4)7-11(14)8-16(21)22-17/h5-8,13,15H,9-10H2,1-4H3,(H,24,25)/t13-,15+/m1/s1. The van der Waals surface area contributed by atoms with Gasteiger partial charge in [-0.05, 0) is 50.4 Å². The van der Waals surface area contributed by atoms with E-state index < -0.39 is 29.8 Å². The Labute approximate surface area is 173 Å². The van der Waals surface area contributed by atoms with Gasteiger partial charge in [0.15, 0.2) is 0 Å². The van der Waals surface area contributed by atoms with Crippen molar-refractivity contribution >= 4 is 34.4 Å². The van der Waals surface area contributed by atoms with Gasteiger partial charge in [0, 0.05) is 11.8 Å². The third kappa shape index (κ3) is 4.82. The van der Waals surface area contributed by atoms with Crippen LogP contribution in [-0.2, 0) is 9.53 Å². The summed E-state index contributed by atoms with van der Waals surface area (Å²) < 4.78 is 16.5. The highest BCUT2D eigenvalue weighted by molar-refractivity contribution is 6.30. The minimum atomic E-state index is -1.12. The van der Waals surface area contributed by atoms with Gasteiger partial charge in [0.1, 0.15) is 28.6 Å². The molecule has 1 N–H and O–H groups in total. The number of hydrogen-bond acceptors (Lipinski definition) is 6. The van der Waals surface area contributed by atoms with Gasteiger partial charge in [0.05, 0.1) is 13.7 Å². The number of halogens is 1. The molecule has 9 heteroatoms. The Hall–Kier alpha value is -2.74. The zero-order valence-electron chi connectivity index (χ0n) is 16.6. The number of hydrogen-bond donors (Lipinski definition) is 1. The normalized spacial score (nSPS) is 19.3. The zero-order valence-corrected chi connectivity index (χ0v) is 17.4. The van der Waals surface area contributed by atoms with Gasteiger partial charge in [0.25, 0.3) is 0 Å². The second-order valence-corrected chi connectivity index (χ2v) is 8.19. The number of rotatable bonds is 4. The maximum atomic E-state index is 12.4. The summed E-state index contributed by atoms with van der Waals surface area (Å²) in [6.07, 6.45) is -1.15. The number of nitrogens with zero attached hydrogens (tertiary/aromatic N) is 2. The minimum absolute atomic E-state index is 0.0672. The number of fused-ring (bicyclic) bond motifs is 1. The number of aliphatic carboxylic acids is 1. The number of carbonyl (C=O) groups is 2. The largest absolute Gasteiger partial charge is 0.497 e. The number of carboxylic acid groups (broad SMARTS) is 1. The molecule has 0 spiro atoms. The highest BCUT2D eigenvalue weighted by Gasteiger charge is 2.43. The van der Waals surface area contributed by atoms with E-state index in [2.05, 4.69) is 4.98 Å². The van der Waals surface area contributed by atoms with Crippen LogP contribution in [0.3, 0.4) is 0 Å². The van der Waals surface area contributed by atoms with E-state index in [0.717, 1.165) is 5.39 Å². The van der Waals surface area contributed by atoms with E-state index in [0.29, 0.717) is 11.1 Å². The van der Waals surface area contributed by atoms with Gasteiger partial charge in [-0.3, -0.25) is 4.90 Å². The van der Waals surface area contributed by atoms with Crippen LogP contribution in [0.5, 0.6) is 11.6 Å². The van der Waals surface area contributed by atoms with Crippen LogP contribution >= 0.6 is 11.6 Å². The zero-order chi connectivity index (χ0) is 21.3. The fourth-order valence-corrected chi connectivity index (χ4v) is 3.38. The molecule has 0 bridgehead atoms. The molecule has 1 saturated heterocycles. The lowest BCUT2D eigenvalue weighted by Gasteiger charge is -2.26. The molecule has 1 aliphatic rings. The van der Waals surface area contributed by atoms with Crippen molar-refractivity contribution in [1.82, 2.24) is 9.88 Å². The number of carboxylic acids is 1. The molecule has 156 valence electrons. The summed E-state index contributed by atoms with van der Waals surface area (Å²) in [5, 5.41) is 11.2. The number of aromatic nitrogens is 1. The lowest BCUT2D eigenvalue weighted by molar-refractivity contribution is -0.142. The summed E-state index contributed by atoms with van der Waals surface area (Å²) in [6.45, 7) is 5.24. The molecule has 1 fully saturated rings. The van der Waals surface area contributed by atoms with Crippen LogP contribution in [-0.4, -0.2) is 58.5 Å². The lowest BCUT2D eigenvalue weighted by Crippen LogP contribution is -2.43. The van der Waals surface area contributed by atoms with Gasteiger partial charge in [-0.2, -0.15) is 0 Å². The van der Waals surface area contributed by atoms with Crippen molar-refractivity contribution in [2.75, 3.05) is 13.7 Å². The molecule has 8 nitrogen and oxygen atoms in total. The van der Waals surface area contributed by atoms with Gasteiger partial charge in [0.2, 0.25) is 5.88 Å². The van der Waals surface area contributed by atoms with E-state index in [1.807, 2.05) is 0 Å². The molecule has 1 aliphatic heterocycles. The van der Waals surface area contributed by atoms with Crippen molar-refractivity contribution in [3.63, 3.8) is 0 Å². The molecule has 1 aromatic carbocycles. The summed E-state index contributed by atoms with van der Waals surface area (Å²) in [5.41, 5.74) is -0.733. The van der Waals surface area contributed by atoms with Gasteiger partial charge in [-0.25, -0.2) is 14.6 Å². The fourth-order valence-electron chi connectivity index (χ4n) is 3.19. The van der Waals surface area contributed by atoms with Gasteiger partial charge < -0.3 is 19.3 Å². The van der Waals surface area contributed by atoms with Gasteiger partial charge in [-0.15, -0.1) is 0 Å². The first-order valence-corrected chi connectivity index (χ1v) is 9.48. The van der Waals surface area contributed by atoms with Gasteiger partial charge in [-0.1, -0.05) is 11.6 Å². The summed E-state index contributed by atoms with van der Waals surface area (Å²) in [7, 11) is 1.57. The Morgan fingerprint density at radius 2 is 2.00 bits per heavy atom. The third-order valence-corrected chi connectivity index (χ3v) is 4.62.